The van der Waals surface area contributed by atoms with Gasteiger partial charge >= 0.3 is 0 Å². The molecule has 13 heteroatoms. The monoisotopic (exact) mass is 1020 g/mol. The van der Waals surface area contributed by atoms with Crippen molar-refractivity contribution < 1.29 is 51.9 Å². The third-order valence-corrected chi connectivity index (χ3v) is 23.6. The number of aliphatic hydroxyl groups excluding tert-OH is 1. The van der Waals surface area contributed by atoms with Crippen LogP contribution in [0.4, 0.5) is 0 Å². The lowest BCUT2D eigenvalue weighted by atomic mass is 9.97. The van der Waals surface area contributed by atoms with Crippen molar-refractivity contribution in [1.82, 2.24) is 0 Å². The van der Waals surface area contributed by atoms with Crippen LogP contribution < -0.4 is 0 Å². The molecule has 0 saturated carbocycles. The topological polar surface area (TPSA) is 113 Å². The highest BCUT2D eigenvalue weighted by Gasteiger charge is 2.56. The average Bonchev–Trinajstić information content (AvgIpc) is 3.35. The zero-order valence-corrected chi connectivity index (χ0v) is 46.2. The van der Waals surface area contributed by atoms with Crippen molar-refractivity contribution in [2.24, 2.45) is 0 Å². The summed E-state index contributed by atoms with van der Waals surface area (Å²) in [5.41, 5.74) is 4.92. The van der Waals surface area contributed by atoms with E-state index in [9.17, 15) is 5.11 Å². The van der Waals surface area contributed by atoms with E-state index >= 15 is 0 Å². The largest absolute Gasteiger partial charge is 0.408 e. The molecular weight excluding hydrogens is 941 g/mol. The van der Waals surface area contributed by atoms with E-state index in [2.05, 4.69) is 79.9 Å². The molecule has 7 rings (SSSR count). The Kier molecular flexibility index (Phi) is 19.8. The predicted octanol–water partition coefficient (Wildman–Crippen LogP) is 11.8. The van der Waals surface area contributed by atoms with E-state index in [1.165, 1.54) is 0 Å². The molecule has 390 valence electrons. The van der Waals surface area contributed by atoms with Gasteiger partial charge in [0.25, 0.3) is 0 Å². The van der Waals surface area contributed by atoms with Crippen LogP contribution in [0.2, 0.25) is 36.3 Å². The second-order valence-electron chi connectivity index (χ2n) is 22.2. The van der Waals surface area contributed by atoms with Gasteiger partial charge in [0, 0.05) is 0 Å². The van der Waals surface area contributed by atoms with Crippen LogP contribution in [0.5, 0.6) is 0 Å². The van der Waals surface area contributed by atoms with Crippen molar-refractivity contribution >= 4 is 16.6 Å². The molecule has 10 atom stereocenters. The fourth-order valence-electron chi connectivity index (χ4n) is 8.35. The first-order valence-corrected chi connectivity index (χ1v) is 31.4. The maximum Gasteiger partial charge on any atom is 0.192 e. The molecule has 1 unspecified atom stereocenters. The van der Waals surface area contributed by atoms with Crippen molar-refractivity contribution in [3.63, 3.8) is 0 Å². The Balaban J connectivity index is 1.26. The summed E-state index contributed by atoms with van der Waals surface area (Å²) < 4.78 is 69.8. The van der Waals surface area contributed by atoms with Crippen LogP contribution in [0.15, 0.2) is 152 Å². The minimum atomic E-state index is -2.56. The molecule has 5 aromatic rings. The lowest BCUT2D eigenvalue weighted by Crippen LogP contribution is -2.67. The van der Waals surface area contributed by atoms with Crippen molar-refractivity contribution in [1.29, 1.82) is 0 Å². The molecule has 2 saturated heterocycles. The molecule has 2 aliphatic rings. The van der Waals surface area contributed by atoms with Gasteiger partial charge in [0.1, 0.15) is 48.8 Å². The van der Waals surface area contributed by atoms with Gasteiger partial charge in [-0.2, -0.15) is 0 Å². The molecule has 1 N–H and O–H groups in total. The summed E-state index contributed by atoms with van der Waals surface area (Å²) in [6.07, 6.45) is -8.34. The standard InChI is InChI=1S/C59H80O11Si2/c1-58(2,3)71(7,8)69-51-48(41-61-36-43-26-16-11-17-27-43)68-57(55(65-40-47-34-24-15-25-35-47)53(51)70-72(9,10)59(4,5)6)66-42-49-50(62-37-44-28-18-12-19-29-44)52(63-38-45-30-20-13-21-31-45)54(56(60)67-49)64-39-46-32-22-14-23-33-46/h11-35,48-57,60H,36-42H2,1-10H3/t48-,49-,50-,51-,52+,53+,54-,55-,56+,57?/m1/s1. The Morgan fingerprint density at radius 2 is 0.736 bits per heavy atom. The van der Waals surface area contributed by atoms with Gasteiger partial charge in [0.15, 0.2) is 29.2 Å². The maximum absolute atomic E-state index is 12.0. The minimum absolute atomic E-state index is 0.0683. The SMILES string of the molecule is CC(C)(C)[Si](C)(C)O[C@H]1[C@H](O[Si](C)(C)C(C)(C)C)[C@@H](OCc2ccccc2)C(OC[C@H]2O[C@H](O)[C@H](OCc3ccccc3)[C@@H](OCc3ccccc3)[C@@H]2OCc2ccccc2)O[C@@H]1COCc1ccccc1. The van der Waals surface area contributed by atoms with Crippen molar-refractivity contribution in [2.45, 2.75) is 172 Å². The Morgan fingerprint density at radius 3 is 1.15 bits per heavy atom. The normalized spacial score (nSPS) is 25.3. The maximum atomic E-state index is 12.0. The fraction of sp³-hybridized carbons (Fsp3) is 0.492. The Bertz CT molecular complexity index is 2310. The highest BCUT2D eigenvalue weighted by atomic mass is 28.4. The van der Waals surface area contributed by atoms with E-state index in [4.69, 9.17) is 46.7 Å². The quantitative estimate of drug-likeness (QED) is 0.0631. The van der Waals surface area contributed by atoms with E-state index in [1.807, 2.05) is 140 Å². The molecule has 0 spiro atoms. The number of hydrogen-bond donors (Lipinski definition) is 1. The number of rotatable bonds is 23. The van der Waals surface area contributed by atoms with Crippen LogP contribution in [0.1, 0.15) is 69.4 Å². The molecule has 2 heterocycles. The van der Waals surface area contributed by atoms with Gasteiger partial charge in [-0.3, -0.25) is 0 Å². The van der Waals surface area contributed by atoms with E-state index < -0.39 is 78.0 Å². The smallest absolute Gasteiger partial charge is 0.192 e. The first-order valence-electron chi connectivity index (χ1n) is 25.6. The molecule has 0 bridgehead atoms. The Labute approximate surface area is 431 Å². The molecule has 0 aromatic heterocycles. The van der Waals surface area contributed by atoms with Gasteiger partial charge in [0.05, 0.1) is 46.2 Å². The van der Waals surface area contributed by atoms with Gasteiger partial charge in [-0.05, 0) is 64.1 Å². The highest BCUT2D eigenvalue weighted by molar-refractivity contribution is 6.74. The third kappa shape index (κ3) is 15.3. The summed E-state index contributed by atoms with van der Waals surface area (Å²) in [5, 5.41) is 11.7. The van der Waals surface area contributed by atoms with Crippen LogP contribution in [0.3, 0.4) is 0 Å². The molecule has 0 amide bonds. The second-order valence-corrected chi connectivity index (χ2v) is 31.7. The highest BCUT2D eigenvalue weighted by Crippen LogP contribution is 2.44. The van der Waals surface area contributed by atoms with E-state index in [0.717, 1.165) is 27.8 Å². The van der Waals surface area contributed by atoms with Gasteiger partial charge in [-0.15, -0.1) is 0 Å². The minimum Gasteiger partial charge on any atom is -0.408 e. The first kappa shape index (κ1) is 55.8. The molecule has 2 aliphatic heterocycles. The number of aliphatic hydroxyl groups is 1. The zero-order valence-electron chi connectivity index (χ0n) is 44.2. The lowest BCUT2D eigenvalue weighted by molar-refractivity contribution is -0.340. The summed E-state index contributed by atoms with van der Waals surface area (Å²) in [7, 11) is -5.06. The van der Waals surface area contributed by atoms with Crippen LogP contribution in [0.25, 0.3) is 0 Å². The molecular formula is C59H80O11Si2. The second kappa shape index (κ2) is 25.6. The van der Waals surface area contributed by atoms with Crippen molar-refractivity contribution in [3.05, 3.63) is 179 Å². The molecule has 72 heavy (non-hydrogen) atoms. The number of ether oxygens (including phenoxy) is 8. The summed E-state index contributed by atoms with van der Waals surface area (Å²) >= 11 is 0. The first-order chi connectivity index (χ1) is 34.4. The predicted molar refractivity (Wildman–Crippen MR) is 286 cm³/mol. The van der Waals surface area contributed by atoms with Gasteiger partial charge in [-0.1, -0.05) is 193 Å². The van der Waals surface area contributed by atoms with Gasteiger partial charge < -0.3 is 51.9 Å². The molecule has 0 aliphatic carbocycles. The van der Waals surface area contributed by atoms with Crippen LogP contribution in [-0.4, -0.2) is 96.4 Å². The Morgan fingerprint density at radius 1 is 0.389 bits per heavy atom. The van der Waals surface area contributed by atoms with Crippen molar-refractivity contribution in [2.75, 3.05) is 13.2 Å². The molecule has 5 aromatic carbocycles. The van der Waals surface area contributed by atoms with E-state index in [-0.39, 0.29) is 49.7 Å². The van der Waals surface area contributed by atoms with Crippen LogP contribution in [-0.2, 0) is 79.8 Å². The number of hydrogen-bond acceptors (Lipinski definition) is 11. The molecule has 0 radical (unpaired) electrons. The fourth-order valence-corrected chi connectivity index (χ4v) is 11.0. The summed E-state index contributed by atoms with van der Waals surface area (Å²) in [4.78, 5) is 0. The average molecular weight is 1020 g/mol. The molecule has 2 fully saturated rings. The Hall–Kier alpha value is -3.91. The number of benzene rings is 5. The van der Waals surface area contributed by atoms with Gasteiger partial charge in [0.2, 0.25) is 0 Å². The van der Waals surface area contributed by atoms with Crippen LogP contribution >= 0.6 is 0 Å². The summed E-state index contributed by atoms with van der Waals surface area (Å²) in [6.45, 7) is 24.0. The third-order valence-electron chi connectivity index (χ3n) is 14.6. The van der Waals surface area contributed by atoms with Crippen molar-refractivity contribution in [3.8, 4) is 0 Å². The van der Waals surface area contributed by atoms with E-state index in [1.54, 1.807) is 0 Å². The molecule has 11 nitrogen and oxygen atoms in total. The lowest BCUT2D eigenvalue weighted by Gasteiger charge is -2.53. The van der Waals surface area contributed by atoms with Crippen LogP contribution in [0, 0.1) is 0 Å². The zero-order chi connectivity index (χ0) is 51.4. The summed E-state index contributed by atoms with van der Waals surface area (Å²) in [5.74, 6) is 0. The van der Waals surface area contributed by atoms with E-state index in [0.29, 0.717) is 6.61 Å². The van der Waals surface area contributed by atoms with Gasteiger partial charge in [-0.25, -0.2) is 0 Å². The summed E-state index contributed by atoms with van der Waals surface area (Å²) in [6, 6.07) is 50.0.